The molecule has 0 atom stereocenters. The van der Waals surface area contributed by atoms with Gasteiger partial charge in [-0.2, -0.15) is 0 Å². The van der Waals surface area contributed by atoms with Crippen LogP contribution in [0.2, 0.25) is 0 Å². The molecule has 36 heavy (non-hydrogen) atoms. The predicted octanol–water partition coefficient (Wildman–Crippen LogP) is 6.79. The van der Waals surface area contributed by atoms with E-state index in [0.717, 1.165) is 11.1 Å². The summed E-state index contributed by atoms with van der Waals surface area (Å²) in [5.74, 6) is -1.93. The highest BCUT2D eigenvalue weighted by molar-refractivity contribution is 6.18. The van der Waals surface area contributed by atoms with Crippen molar-refractivity contribution in [3.05, 3.63) is 86.5 Å². The first-order valence-corrected chi connectivity index (χ1v) is 12.0. The number of aryl methyl sites for hydroxylation is 3. The fourth-order valence-electron chi connectivity index (χ4n) is 4.46. The van der Waals surface area contributed by atoms with Gasteiger partial charge < -0.3 is 15.3 Å². The van der Waals surface area contributed by atoms with Gasteiger partial charge in [0.2, 0.25) is 11.6 Å². The molecule has 0 radical (unpaired) electrons. The molecule has 3 aromatic carbocycles. The quantitative estimate of drug-likeness (QED) is 0.352. The third-order valence-electron chi connectivity index (χ3n) is 6.36. The molecule has 0 fully saturated rings. The largest absolute Gasteiger partial charge is 0.507 e. The zero-order valence-electron chi connectivity index (χ0n) is 22.6. The van der Waals surface area contributed by atoms with Gasteiger partial charge in [-0.15, -0.1) is 0 Å². The van der Waals surface area contributed by atoms with E-state index in [1.54, 1.807) is 19.1 Å². The second-order valence-electron chi connectivity index (χ2n) is 11.8. The summed E-state index contributed by atoms with van der Waals surface area (Å²) in [6, 6.07) is 9.85. The fraction of sp³-hybridized carbons (Fsp3) is 0.355. The molecule has 190 valence electrons. The van der Waals surface area contributed by atoms with E-state index in [2.05, 4.69) is 0 Å². The van der Waals surface area contributed by atoms with E-state index in [9.17, 15) is 24.9 Å². The SMILES string of the molecule is Cc1cc(C(=O)c2cc(C)cc(C(C)(C)C)c2O)c(O)c(C(=O)c2cc(C)cc(C(C)(C)C)c2O)c1. The summed E-state index contributed by atoms with van der Waals surface area (Å²) in [5, 5.41) is 33.1. The van der Waals surface area contributed by atoms with Crippen LogP contribution in [0.4, 0.5) is 0 Å². The van der Waals surface area contributed by atoms with Crippen molar-refractivity contribution in [2.24, 2.45) is 0 Å². The maximum absolute atomic E-state index is 13.6. The summed E-state index contributed by atoms with van der Waals surface area (Å²) in [6.07, 6.45) is 0. The van der Waals surface area contributed by atoms with Gasteiger partial charge in [-0.25, -0.2) is 0 Å². The van der Waals surface area contributed by atoms with Crippen LogP contribution in [0.3, 0.4) is 0 Å². The molecule has 0 bridgehead atoms. The van der Waals surface area contributed by atoms with Gasteiger partial charge in [0.1, 0.15) is 17.2 Å². The average molecular weight is 489 g/mol. The summed E-state index contributed by atoms with van der Waals surface area (Å²) >= 11 is 0. The van der Waals surface area contributed by atoms with Crippen LogP contribution >= 0.6 is 0 Å². The first-order valence-electron chi connectivity index (χ1n) is 12.0. The smallest absolute Gasteiger partial charge is 0.200 e. The predicted molar refractivity (Wildman–Crippen MR) is 143 cm³/mol. The Hall–Kier alpha value is -3.60. The molecule has 0 spiro atoms. The lowest BCUT2D eigenvalue weighted by atomic mass is 9.82. The Morgan fingerprint density at radius 2 is 0.750 bits per heavy atom. The van der Waals surface area contributed by atoms with Crippen molar-refractivity contribution < 1.29 is 24.9 Å². The number of phenolic OH excluding ortho intramolecular Hbond substituents is 3. The number of aromatic hydroxyl groups is 3. The van der Waals surface area contributed by atoms with Crippen LogP contribution in [0.15, 0.2) is 36.4 Å². The van der Waals surface area contributed by atoms with Crippen molar-refractivity contribution in [3.8, 4) is 17.2 Å². The average Bonchev–Trinajstić information content (AvgIpc) is 2.75. The van der Waals surface area contributed by atoms with Crippen molar-refractivity contribution >= 4 is 11.6 Å². The lowest BCUT2D eigenvalue weighted by Crippen LogP contribution is -2.15. The zero-order valence-corrected chi connectivity index (χ0v) is 22.6. The van der Waals surface area contributed by atoms with Gasteiger partial charge in [0, 0.05) is 11.1 Å². The van der Waals surface area contributed by atoms with Crippen molar-refractivity contribution in [2.75, 3.05) is 0 Å². The van der Waals surface area contributed by atoms with E-state index >= 15 is 0 Å². The second kappa shape index (κ2) is 9.12. The third-order valence-corrected chi connectivity index (χ3v) is 6.36. The van der Waals surface area contributed by atoms with Crippen molar-refractivity contribution in [2.45, 2.75) is 73.1 Å². The Kier molecular flexibility index (Phi) is 6.84. The monoisotopic (exact) mass is 488 g/mol. The van der Waals surface area contributed by atoms with Crippen molar-refractivity contribution in [3.63, 3.8) is 0 Å². The van der Waals surface area contributed by atoms with E-state index < -0.39 is 28.1 Å². The number of carbonyl (C=O) groups is 2. The summed E-state index contributed by atoms with van der Waals surface area (Å²) in [4.78, 5) is 27.2. The van der Waals surface area contributed by atoms with E-state index in [4.69, 9.17) is 0 Å². The van der Waals surface area contributed by atoms with E-state index in [0.29, 0.717) is 16.7 Å². The lowest BCUT2D eigenvalue weighted by Gasteiger charge is -2.23. The minimum absolute atomic E-state index is 0.0626. The Labute approximate surface area is 213 Å². The molecule has 0 amide bonds. The topological polar surface area (TPSA) is 94.8 Å². The van der Waals surface area contributed by atoms with Gasteiger partial charge in [-0.3, -0.25) is 9.59 Å². The number of rotatable bonds is 4. The standard InChI is InChI=1S/C31H36O5/c1-16-10-19(26(33)21-12-17(2)14-23(28(21)35)30(4,5)6)25(32)20(11-16)27(34)22-13-18(3)15-24(29(22)36)31(7,8)9/h10-15,32,35-36H,1-9H3. The third kappa shape index (κ3) is 5.01. The van der Waals surface area contributed by atoms with Gasteiger partial charge in [0.15, 0.2) is 0 Å². The van der Waals surface area contributed by atoms with Crippen molar-refractivity contribution in [1.82, 2.24) is 0 Å². The number of hydrogen-bond acceptors (Lipinski definition) is 5. The van der Waals surface area contributed by atoms with Gasteiger partial charge in [0.25, 0.3) is 0 Å². The van der Waals surface area contributed by atoms with Gasteiger partial charge in [-0.05, 0) is 72.6 Å². The summed E-state index contributed by atoms with van der Waals surface area (Å²) in [6.45, 7) is 17.0. The summed E-state index contributed by atoms with van der Waals surface area (Å²) in [5.41, 5.74) is 2.56. The molecule has 0 aromatic heterocycles. The number of carbonyl (C=O) groups excluding carboxylic acids is 2. The second-order valence-corrected chi connectivity index (χ2v) is 11.8. The summed E-state index contributed by atoms with van der Waals surface area (Å²) in [7, 11) is 0. The van der Waals surface area contributed by atoms with Gasteiger partial charge in [0.05, 0.1) is 22.3 Å². The van der Waals surface area contributed by atoms with E-state index in [1.165, 1.54) is 12.1 Å². The molecule has 5 nitrogen and oxygen atoms in total. The molecule has 0 aliphatic heterocycles. The molecule has 0 heterocycles. The van der Waals surface area contributed by atoms with Crippen LogP contribution < -0.4 is 0 Å². The minimum atomic E-state index is -0.583. The maximum Gasteiger partial charge on any atom is 0.200 e. The van der Waals surface area contributed by atoms with Gasteiger partial charge >= 0.3 is 0 Å². The Bertz CT molecular complexity index is 1280. The van der Waals surface area contributed by atoms with Crippen LogP contribution in [0.25, 0.3) is 0 Å². The van der Waals surface area contributed by atoms with Crippen molar-refractivity contribution in [1.29, 1.82) is 0 Å². The molecule has 3 N–H and O–H groups in total. The molecule has 0 saturated carbocycles. The molecule has 0 aliphatic carbocycles. The van der Waals surface area contributed by atoms with Crippen LogP contribution in [0, 0.1) is 20.8 Å². The summed E-state index contributed by atoms with van der Waals surface area (Å²) < 4.78 is 0. The van der Waals surface area contributed by atoms with E-state index in [1.807, 2.05) is 67.5 Å². The number of benzene rings is 3. The van der Waals surface area contributed by atoms with Crippen LogP contribution in [0.5, 0.6) is 17.2 Å². The first-order chi connectivity index (χ1) is 16.4. The minimum Gasteiger partial charge on any atom is -0.507 e. The number of phenols is 3. The van der Waals surface area contributed by atoms with E-state index in [-0.39, 0.29) is 33.8 Å². The maximum atomic E-state index is 13.6. The molecule has 0 aliphatic rings. The molecule has 3 aromatic rings. The Morgan fingerprint density at radius 1 is 0.500 bits per heavy atom. The number of ketones is 2. The lowest BCUT2D eigenvalue weighted by molar-refractivity contribution is 0.103. The molecular weight excluding hydrogens is 452 g/mol. The highest BCUT2D eigenvalue weighted by atomic mass is 16.3. The molecule has 0 saturated heterocycles. The number of hydrogen-bond donors (Lipinski definition) is 3. The van der Waals surface area contributed by atoms with Gasteiger partial charge in [-0.1, -0.05) is 53.7 Å². The first kappa shape index (κ1) is 27.0. The highest BCUT2D eigenvalue weighted by Crippen LogP contribution is 2.39. The zero-order chi connectivity index (χ0) is 27.3. The molecular formula is C31H36O5. The highest BCUT2D eigenvalue weighted by Gasteiger charge is 2.29. The van der Waals surface area contributed by atoms with Crippen LogP contribution in [0.1, 0.15) is 101 Å². The molecule has 0 unspecified atom stereocenters. The molecule has 3 rings (SSSR count). The Balaban J connectivity index is 2.21. The normalized spacial score (nSPS) is 12.0. The molecule has 5 heteroatoms. The van der Waals surface area contributed by atoms with Crippen LogP contribution in [-0.4, -0.2) is 26.9 Å². The Morgan fingerprint density at radius 3 is 1.03 bits per heavy atom. The van der Waals surface area contributed by atoms with Crippen LogP contribution in [-0.2, 0) is 10.8 Å². The fourth-order valence-corrected chi connectivity index (χ4v) is 4.46.